The van der Waals surface area contributed by atoms with Crippen LogP contribution in [0.2, 0.25) is 0 Å². The number of hydrogen-bond acceptors (Lipinski definition) is 5. The summed E-state index contributed by atoms with van der Waals surface area (Å²) in [4.78, 5) is 16.0. The van der Waals surface area contributed by atoms with Crippen LogP contribution in [0, 0.1) is 0 Å². The van der Waals surface area contributed by atoms with Crippen molar-refractivity contribution in [1.29, 1.82) is 0 Å². The number of nitrogens with one attached hydrogen (secondary N) is 1. The molecule has 0 fully saturated rings. The molecule has 0 saturated carbocycles. The summed E-state index contributed by atoms with van der Waals surface area (Å²) >= 11 is 0. The Kier molecular flexibility index (Phi) is 6.38. The number of nitrogens with two attached hydrogens (primary N) is 1. The molecular formula is C12H22N4O2. The summed E-state index contributed by atoms with van der Waals surface area (Å²) in [5, 5.41) is 3.02. The van der Waals surface area contributed by atoms with Crippen LogP contribution in [0.25, 0.3) is 0 Å². The van der Waals surface area contributed by atoms with Crippen LogP contribution < -0.4 is 16.6 Å². The molecule has 0 aromatic carbocycles. The van der Waals surface area contributed by atoms with Crippen molar-refractivity contribution in [3.63, 3.8) is 0 Å². The molecule has 18 heavy (non-hydrogen) atoms. The highest BCUT2D eigenvalue weighted by molar-refractivity contribution is 5.30. The second kappa shape index (κ2) is 7.84. The highest BCUT2D eigenvalue weighted by Gasteiger charge is 2.05. The summed E-state index contributed by atoms with van der Waals surface area (Å²) in [6.07, 6.45) is 4.99. The third-order valence-electron chi connectivity index (χ3n) is 2.57. The first-order chi connectivity index (χ1) is 8.69. The van der Waals surface area contributed by atoms with Crippen molar-refractivity contribution in [1.82, 2.24) is 9.55 Å². The average molecular weight is 254 g/mol. The molecule has 1 unspecified atom stereocenters. The van der Waals surface area contributed by atoms with Gasteiger partial charge in [0, 0.05) is 38.6 Å². The average Bonchev–Trinajstić information content (AvgIpc) is 2.34. The van der Waals surface area contributed by atoms with Gasteiger partial charge in [0.05, 0.1) is 6.61 Å². The van der Waals surface area contributed by atoms with Gasteiger partial charge in [-0.05, 0) is 12.8 Å². The molecule has 0 radical (unpaired) electrons. The highest BCUT2D eigenvalue weighted by Crippen LogP contribution is 1.96. The van der Waals surface area contributed by atoms with Gasteiger partial charge in [0.2, 0.25) is 0 Å². The fourth-order valence-corrected chi connectivity index (χ4v) is 1.66. The minimum absolute atomic E-state index is 0.0240. The first kappa shape index (κ1) is 14.7. The zero-order valence-corrected chi connectivity index (χ0v) is 11.1. The van der Waals surface area contributed by atoms with Gasteiger partial charge in [0.25, 0.3) is 5.56 Å². The number of rotatable bonds is 8. The number of methoxy groups -OCH3 is 1. The quantitative estimate of drug-likeness (QED) is 0.703. The standard InChI is InChI=1S/C12H22N4O2/c1-3-7-16-8-6-15-11(12(16)17)14-5-4-10(13)9-18-2/h6,8,10H,3-5,7,9,13H2,1-2H3,(H,14,15). The second-order valence-corrected chi connectivity index (χ2v) is 4.21. The zero-order chi connectivity index (χ0) is 13.4. The van der Waals surface area contributed by atoms with Gasteiger partial charge in [-0.15, -0.1) is 0 Å². The molecule has 6 heteroatoms. The molecule has 0 aliphatic heterocycles. The third-order valence-corrected chi connectivity index (χ3v) is 2.57. The lowest BCUT2D eigenvalue weighted by Crippen LogP contribution is -2.30. The largest absolute Gasteiger partial charge is 0.383 e. The molecule has 0 amide bonds. The van der Waals surface area contributed by atoms with E-state index in [2.05, 4.69) is 10.3 Å². The number of ether oxygens (including phenoxy) is 1. The molecule has 0 spiro atoms. The molecule has 0 bridgehead atoms. The first-order valence-electron chi connectivity index (χ1n) is 6.22. The minimum atomic E-state index is -0.0836. The maximum absolute atomic E-state index is 11.9. The van der Waals surface area contributed by atoms with Crippen molar-refractivity contribution >= 4 is 5.82 Å². The van der Waals surface area contributed by atoms with E-state index in [9.17, 15) is 4.79 Å². The van der Waals surface area contributed by atoms with E-state index in [-0.39, 0.29) is 11.6 Å². The topological polar surface area (TPSA) is 82.2 Å². The molecule has 102 valence electrons. The van der Waals surface area contributed by atoms with Crippen LogP contribution in [0.15, 0.2) is 17.2 Å². The van der Waals surface area contributed by atoms with Crippen LogP contribution >= 0.6 is 0 Å². The Morgan fingerprint density at radius 1 is 1.61 bits per heavy atom. The van der Waals surface area contributed by atoms with Gasteiger partial charge in [0.1, 0.15) is 0 Å². The fraction of sp³-hybridized carbons (Fsp3) is 0.667. The number of nitrogens with zero attached hydrogens (tertiary/aromatic N) is 2. The maximum Gasteiger partial charge on any atom is 0.293 e. The Balaban J connectivity index is 2.52. The van der Waals surface area contributed by atoms with Crippen LogP contribution in [-0.2, 0) is 11.3 Å². The number of aromatic nitrogens is 2. The fourth-order valence-electron chi connectivity index (χ4n) is 1.66. The molecule has 1 aromatic rings. The van der Waals surface area contributed by atoms with Crippen molar-refractivity contribution in [3.8, 4) is 0 Å². The molecule has 1 atom stereocenters. The maximum atomic E-state index is 11.9. The van der Waals surface area contributed by atoms with Gasteiger partial charge in [-0.25, -0.2) is 4.98 Å². The van der Waals surface area contributed by atoms with E-state index in [1.807, 2.05) is 6.92 Å². The first-order valence-corrected chi connectivity index (χ1v) is 6.22. The number of aryl methyl sites for hydroxylation is 1. The van der Waals surface area contributed by atoms with E-state index in [0.717, 1.165) is 12.8 Å². The normalized spacial score (nSPS) is 12.4. The highest BCUT2D eigenvalue weighted by atomic mass is 16.5. The van der Waals surface area contributed by atoms with Crippen molar-refractivity contribution in [2.45, 2.75) is 32.4 Å². The number of hydrogen-bond donors (Lipinski definition) is 2. The second-order valence-electron chi connectivity index (χ2n) is 4.21. The van der Waals surface area contributed by atoms with E-state index in [1.165, 1.54) is 0 Å². The van der Waals surface area contributed by atoms with Crippen LogP contribution in [0.4, 0.5) is 5.82 Å². The van der Waals surface area contributed by atoms with Crippen LogP contribution in [0.3, 0.4) is 0 Å². The van der Waals surface area contributed by atoms with E-state index in [0.29, 0.717) is 25.5 Å². The van der Waals surface area contributed by atoms with Crippen LogP contribution in [0.1, 0.15) is 19.8 Å². The van der Waals surface area contributed by atoms with Gasteiger partial charge in [0.15, 0.2) is 5.82 Å². The predicted octanol–water partition coefficient (Wildman–Crippen LogP) is 0.429. The molecule has 0 aliphatic rings. The lowest BCUT2D eigenvalue weighted by molar-refractivity contribution is 0.178. The zero-order valence-electron chi connectivity index (χ0n) is 11.1. The molecule has 0 aliphatic carbocycles. The summed E-state index contributed by atoms with van der Waals surface area (Å²) in [5.41, 5.74) is 5.71. The Labute approximate surface area is 107 Å². The summed E-state index contributed by atoms with van der Waals surface area (Å²) in [6, 6.07) is -0.0240. The van der Waals surface area contributed by atoms with E-state index >= 15 is 0 Å². The van der Waals surface area contributed by atoms with Crippen LogP contribution in [-0.4, -0.2) is 35.9 Å². The summed E-state index contributed by atoms with van der Waals surface area (Å²) in [5.74, 6) is 0.385. The Bertz CT molecular complexity index is 405. The summed E-state index contributed by atoms with van der Waals surface area (Å²) in [6.45, 7) is 3.87. The van der Waals surface area contributed by atoms with Crippen molar-refractivity contribution in [2.75, 3.05) is 25.6 Å². The van der Waals surface area contributed by atoms with Gasteiger partial charge in [-0.1, -0.05) is 6.92 Å². The van der Waals surface area contributed by atoms with Gasteiger partial charge >= 0.3 is 0 Å². The monoisotopic (exact) mass is 254 g/mol. The summed E-state index contributed by atoms with van der Waals surface area (Å²) < 4.78 is 6.60. The van der Waals surface area contributed by atoms with Gasteiger partial charge in [-0.2, -0.15) is 0 Å². The molecule has 6 nitrogen and oxygen atoms in total. The smallest absolute Gasteiger partial charge is 0.293 e. The summed E-state index contributed by atoms with van der Waals surface area (Å²) in [7, 11) is 1.62. The van der Waals surface area contributed by atoms with E-state index in [1.54, 1.807) is 24.1 Å². The van der Waals surface area contributed by atoms with Crippen molar-refractivity contribution in [2.24, 2.45) is 5.73 Å². The molecule has 1 rings (SSSR count). The van der Waals surface area contributed by atoms with Gasteiger partial charge in [-0.3, -0.25) is 4.79 Å². The molecule has 1 aromatic heterocycles. The van der Waals surface area contributed by atoms with E-state index < -0.39 is 0 Å². The predicted molar refractivity (Wildman–Crippen MR) is 71.7 cm³/mol. The Morgan fingerprint density at radius 3 is 3.06 bits per heavy atom. The molecule has 0 saturated heterocycles. The third kappa shape index (κ3) is 4.46. The Morgan fingerprint density at radius 2 is 2.39 bits per heavy atom. The van der Waals surface area contributed by atoms with Crippen molar-refractivity contribution < 1.29 is 4.74 Å². The number of anilines is 1. The van der Waals surface area contributed by atoms with Crippen LogP contribution in [0.5, 0.6) is 0 Å². The van der Waals surface area contributed by atoms with Gasteiger partial charge < -0.3 is 20.4 Å². The van der Waals surface area contributed by atoms with Crippen molar-refractivity contribution in [3.05, 3.63) is 22.7 Å². The SMILES string of the molecule is CCCn1ccnc(NCCC(N)COC)c1=O. The molecule has 1 heterocycles. The lowest BCUT2D eigenvalue weighted by atomic mass is 10.2. The lowest BCUT2D eigenvalue weighted by Gasteiger charge is -2.11. The molecular weight excluding hydrogens is 232 g/mol. The van der Waals surface area contributed by atoms with E-state index in [4.69, 9.17) is 10.5 Å². The molecule has 3 N–H and O–H groups in total. The Hall–Kier alpha value is -1.40. The minimum Gasteiger partial charge on any atom is -0.383 e.